The maximum absolute atomic E-state index is 5.61. The van der Waals surface area contributed by atoms with Crippen LogP contribution in [0.4, 0.5) is 11.4 Å². The van der Waals surface area contributed by atoms with Gasteiger partial charge in [-0.3, -0.25) is 0 Å². The largest absolute Gasteiger partial charge is 0.399 e. The van der Waals surface area contributed by atoms with Gasteiger partial charge in [0.05, 0.1) is 12.7 Å². The zero-order chi connectivity index (χ0) is 13.7. The molecule has 0 aromatic heterocycles. The van der Waals surface area contributed by atoms with Gasteiger partial charge in [-0.05, 0) is 41.8 Å². The molecule has 1 atom stereocenters. The van der Waals surface area contributed by atoms with Gasteiger partial charge in [0.2, 0.25) is 0 Å². The third-order valence-corrected chi connectivity index (χ3v) is 3.01. The molecule has 2 aromatic rings. The fourth-order valence-electron chi connectivity index (χ4n) is 1.65. The molecule has 1 fully saturated rings. The number of hydrogen-bond acceptors (Lipinski definition) is 3. The van der Waals surface area contributed by atoms with Gasteiger partial charge in [-0.2, -0.15) is 0 Å². The van der Waals surface area contributed by atoms with E-state index in [9.17, 15) is 0 Å². The Labute approximate surface area is 114 Å². The van der Waals surface area contributed by atoms with Crippen molar-refractivity contribution in [3.63, 3.8) is 0 Å². The van der Waals surface area contributed by atoms with E-state index in [0.717, 1.165) is 29.1 Å². The molecule has 3 heteroatoms. The summed E-state index contributed by atoms with van der Waals surface area (Å²) in [6, 6.07) is 15.6. The van der Waals surface area contributed by atoms with Crippen molar-refractivity contribution in [2.45, 2.75) is 19.4 Å². The molecule has 1 aliphatic heterocycles. The third kappa shape index (κ3) is 4.30. The first kappa shape index (κ1) is 13.4. The van der Waals surface area contributed by atoms with Gasteiger partial charge in [0.15, 0.2) is 0 Å². The average Bonchev–Trinajstić information content (AvgIpc) is 3.25. The van der Waals surface area contributed by atoms with E-state index in [1.807, 2.05) is 48.5 Å². The highest BCUT2D eigenvalue weighted by molar-refractivity contribution is 5.67. The van der Waals surface area contributed by atoms with Crippen molar-refractivity contribution >= 4 is 11.4 Å². The Kier molecular flexibility index (Phi) is 4.42. The number of nitrogen functional groups attached to an aromatic ring is 2. The number of nitrogens with two attached hydrogens (primary N) is 2. The third-order valence-electron chi connectivity index (χ3n) is 3.01. The Morgan fingerprint density at radius 3 is 1.47 bits per heavy atom. The summed E-state index contributed by atoms with van der Waals surface area (Å²) in [5.74, 6) is 0. The molecule has 3 nitrogen and oxygen atoms in total. The number of benzene rings is 2. The van der Waals surface area contributed by atoms with Crippen LogP contribution in [0.1, 0.15) is 13.3 Å². The van der Waals surface area contributed by atoms with Crippen LogP contribution in [0.5, 0.6) is 0 Å². The van der Waals surface area contributed by atoms with Crippen molar-refractivity contribution in [3.05, 3.63) is 48.5 Å². The molecule has 0 spiro atoms. The van der Waals surface area contributed by atoms with E-state index in [1.54, 1.807) is 0 Å². The fourth-order valence-corrected chi connectivity index (χ4v) is 1.65. The lowest BCUT2D eigenvalue weighted by molar-refractivity contribution is 0.403. The Balaban J connectivity index is 0.000000224. The van der Waals surface area contributed by atoms with E-state index < -0.39 is 0 Å². The molecule has 19 heavy (non-hydrogen) atoms. The zero-order valence-electron chi connectivity index (χ0n) is 11.2. The van der Waals surface area contributed by atoms with Crippen molar-refractivity contribution in [2.75, 3.05) is 18.1 Å². The summed E-state index contributed by atoms with van der Waals surface area (Å²) in [5, 5.41) is 0. The first-order valence-corrected chi connectivity index (χ1v) is 6.52. The van der Waals surface area contributed by atoms with E-state index in [4.69, 9.17) is 16.2 Å². The van der Waals surface area contributed by atoms with E-state index in [2.05, 4.69) is 6.92 Å². The molecular formula is C16H20N2O. The quantitative estimate of drug-likeness (QED) is 0.640. The van der Waals surface area contributed by atoms with Crippen LogP contribution in [0.25, 0.3) is 11.1 Å². The zero-order valence-corrected chi connectivity index (χ0v) is 11.2. The standard InChI is InChI=1S/C12H12N2.C4H8O/c13-11-5-1-9(2-6-11)10-3-7-12(14)8-4-10;1-2-4-3-5-4/h1-8H,13-14H2;4H,2-3H2,1H3. The van der Waals surface area contributed by atoms with Gasteiger partial charge in [-0.25, -0.2) is 0 Å². The van der Waals surface area contributed by atoms with Gasteiger partial charge in [0.25, 0.3) is 0 Å². The summed E-state index contributed by atoms with van der Waals surface area (Å²) >= 11 is 0. The van der Waals surface area contributed by atoms with Crippen LogP contribution in [0, 0.1) is 0 Å². The highest BCUT2D eigenvalue weighted by Crippen LogP contribution is 2.21. The van der Waals surface area contributed by atoms with Crippen molar-refractivity contribution in [1.82, 2.24) is 0 Å². The lowest BCUT2D eigenvalue weighted by atomic mass is 10.1. The second-order valence-electron chi connectivity index (χ2n) is 4.61. The van der Waals surface area contributed by atoms with E-state index in [-0.39, 0.29) is 0 Å². The van der Waals surface area contributed by atoms with Crippen LogP contribution in [0.2, 0.25) is 0 Å². The van der Waals surface area contributed by atoms with E-state index >= 15 is 0 Å². The normalized spacial score (nSPS) is 16.4. The molecule has 0 saturated carbocycles. The summed E-state index contributed by atoms with van der Waals surface area (Å²) < 4.78 is 4.86. The Morgan fingerprint density at radius 1 is 0.895 bits per heavy atom. The van der Waals surface area contributed by atoms with Gasteiger partial charge in [0, 0.05) is 11.4 Å². The van der Waals surface area contributed by atoms with Crippen LogP contribution < -0.4 is 11.5 Å². The number of rotatable bonds is 2. The van der Waals surface area contributed by atoms with Crippen molar-refractivity contribution in [2.24, 2.45) is 0 Å². The highest BCUT2D eigenvalue weighted by Gasteiger charge is 2.18. The number of epoxide rings is 1. The Bertz CT molecular complexity index is 458. The van der Waals surface area contributed by atoms with Gasteiger partial charge in [0.1, 0.15) is 0 Å². The second kappa shape index (κ2) is 6.25. The maximum Gasteiger partial charge on any atom is 0.0807 e. The summed E-state index contributed by atoms with van der Waals surface area (Å²) in [5.41, 5.74) is 15.1. The monoisotopic (exact) mass is 256 g/mol. The van der Waals surface area contributed by atoms with Gasteiger partial charge < -0.3 is 16.2 Å². The summed E-state index contributed by atoms with van der Waals surface area (Å²) in [6.45, 7) is 3.15. The lowest BCUT2D eigenvalue weighted by Crippen LogP contribution is -1.85. The molecule has 0 bridgehead atoms. The second-order valence-corrected chi connectivity index (χ2v) is 4.61. The molecule has 1 heterocycles. The molecule has 2 aromatic carbocycles. The van der Waals surface area contributed by atoms with Crippen LogP contribution in [0.3, 0.4) is 0 Å². The molecule has 1 unspecified atom stereocenters. The fraction of sp³-hybridized carbons (Fsp3) is 0.250. The number of anilines is 2. The van der Waals surface area contributed by atoms with Gasteiger partial charge >= 0.3 is 0 Å². The van der Waals surface area contributed by atoms with Crippen molar-refractivity contribution in [1.29, 1.82) is 0 Å². The number of hydrogen-bond donors (Lipinski definition) is 2. The molecule has 1 aliphatic rings. The predicted octanol–water partition coefficient (Wildman–Crippen LogP) is 3.31. The number of ether oxygens (including phenoxy) is 1. The van der Waals surface area contributed by atoms with Crippen LogP contribution in [-0.4, -0.2) is 12.7 Å². The molecule has 0 amide bonds. The average molecular weight is 256 g/mol. The minimum Gasteiger partial charge on any atom is -0.399 e. The topological polar surface area (TPSA) is 64.6 Å². The maximum atomic E-state index is 5.61. The minimum atomic E-state index is 0.634. The van der Waals surface area contributed by atoms with E-state index in [1.165, 1.54) is 6.42 Å². The molecule has 4 N–H and O–H groups in total. The van der Waals surface area contributed by atoms with Crippen LogP contribution in [-0.2, 0) is 4.74 Å². The summed E-state index contributed by atoms with van der Waals surface area (Å²) in [6.07, 6.45) is 1.83. The molecule has 1 saturated heterocycles. The van der Waals surface area contributed by atoms with Crippen molar-refractivity contribution in [3.8, 4) is 11.1 Å². The molecule has 100 valence electrons. The van der Waals surface area contributed by atoms with Crippen LogP contribution in [0.15, 0.2) is 48.5 Å². The lowest BCUT2D eigenvalue weighted by Gasteiger charge is -2.02. The highest BCUT2D eigenvalue weighted by atomic mass is 16.6. The first-order valence-electron chi connectivity index (χ1n) is 6.52. The first-order chi connectivity index (χ1) is 9.19. The molecular weight excluding hydrogens is 236 g/mol. The molecule has 3 rings (SSSR count). The summed E-state index contributed by atoms with van der Waals surface area (Å²) in [7, 11) is 0. The van der Waals surface area contributed by atoms with E-state index in [0.29, 0.717) is 6.10 Å². The van der Waals surface area contributed by atoms with Crippen LogP contribution >= 0.6 is 0 Å². The minimum absolute atomic E-state index is 0.634. The summed E-state index contributed by atoms with van der Waals surface area (Å²) in [4.78, 5) is 0. The Morgan fingerprint density at radius 2 is 1.26 bits per heavy atom. The van der Waals surface area contributed by atoms with Gasteiger partial charge in [-0.15, -0.1) is 0 Å². The SMILES string of the molecule is CCC1CO1.Nc1ccc(-c2ccc(N)cc2)cc1. The predicted molar refractivity (Wildman–Crippen MR) is 80.7 cm³/mol. The smallest absolute Gasteiger partial charge is 0.0807 e. The molecule has 0 aliphatic carbocycles. The Hall–Kier alpha value is -2.00. The van der Waals surface area contributed by atoms with Gasteiger partial charge in [-0.1, -0.05) is 31.2 Å². The molecule has 0 radical (unpaired) electrons. The van der Waals surface area contributed by atoms with Crippen molar-refractivity contribution < 1.29 is 4.74 Å².